The van der Waals surface area contributed by atoms with Crippen LogP contribution in [0.3, 0.4) is 0 Å². The minimum atomic E-state index is 0.0648. The molecule has 1 N–H and O–H groups in total. The first kappa shape index (κ1) is 3.99. The molecule has 0 unspecified atom stereocenters. The second-order valence-electron chi connectivity index (χ2n) is 0.953. The highest BCUT2D eigenvalue weighted by atomic mass is 32.2. The molecule has 1 rings (SSSR count). The van der Waals surface area contributed by atoms with Crippen molar-refractivity contribution in [3.8, 4) is 0 Å². The predicted octanol–water partition coefficient (Wildman–Crippen LogP) is 0.605. The highest BCUT2D eigenvalue weighted by Crippen LogP contribution is 2.10. The standard InChI is InChI=1S/C3H4NOS/c5-3-4-1-2-6-3/h2H,1H2,(H,4,5). The average Bonchev–Trinajstić information content (AvgIpc) is 1.86. The largest absolute Gasteiger partial charge is 0.346 e. The van der Waals surface area contributed by atoms with Gasteiger partial charge in [-0.1, -0.05) is 11.8 Å². The van der Waals surface area contributed by atoms with Crippen molar-refractivity contribution in [2.24, 2.45) is 0 Å². The number of hydrogen-bond donors (Lipinski definition) is 1. The van der Waals surface area contributed by atoms with E-state index in [9.17, 15) is 4.79 Å². The van der Waals surface area contributed by atoms with Crippen LogP contribution in [0, 0.1) is 5.75 Å². The summed E-state index contributed by atoms with van der Waals surface area (Å²) in [6.07, 6.45) is 0. The van der Waals surface area contributed by atoms with E-state index < -0.39 is 0 Å². The molecule has 1 saturated heterocycles. The average molecular weight is 102 g/mol. The molecule has 0 atom stereocenters. The van der Waals surface area contributed by atoms with Gasteiger partial charge < -0.3 is 5.32 Å². The van der Waals surface area contributed by atoms with Gasteiger partial charge in [-0.15, -0.1) is 0 Å². The van der Waals surface area contributed by atoms with E-state index in [1.165, 1.54) is 11.8 Å². The van der Waals surface area contributed by atoms with Crippen LogP contribution >= 0.6 is 11.8 Å². The van der Waals surface area contributed by atoms with Gasteiger partial charge in [0.05, 0.1) is 0 Å². The molecule has 1 aliphatic heterocycles. The predicted molar refractivity (Wildman–Crippen MR) is 25.3 cm³/mol. The Bertz CT molecular complexity index is 65.2. The van der Waals surface area contributed by atoms with E-state index in [0.717, 1.165) is 6.54 Å². The van der Waals surface area contributed by atoms with Gasteiger partial charge in [-0.3, -0.25) is 4.79 Å². The van der Waals surface area contributed by atoms with Crippen LogP contribution in [0.4, 0.5) is 4.79 Å². The fraction of sp³-hybridized carbons (Fsp3) is 0.333. The van der Waals surface area contributed by atoms with Gasteiger partial charge in [0.15, 0.2) is 0 Å². The Morgan fingerprint density at radius 3 is 3.00 bits per heavy atom. The van der Waals surface area contributed by atoms with Crippen LogP contribution in [0.25, 0.3) is 0 Å². The molecule has 0 bridgehead atoms. The number of rotatable bonds is 0. The van der Waals surface area contributed by atoms with Crippen molar-refractivity contribution in [2.45, 2.75) is 0 Å². The van der Waals surface area contributed by atoms with Gasteiger partial charge in [0.25, 0.3) is 5.24 Å². The van der Waals surface area contributed by atoms with Crippen molar-refractivity contribution < 1.29 is 4.79 Å². The van der Waals surface area contributed by atoms with E-state index in [0.29, 0.717) is 0 Å². The summed E-state index contributed by atoms with van der Waals surface area (Å²) in [6, 6.07) is 0. The lowest BCUT2D eigenvalue weighted by molar-refractivity contribution is 0.262. The maximum atomic E-state index is 10.1. The van der Waals surface area contributed by atoms with E-state index in [2.05, 4.69) is 5.32 Å². The molecule has 1 aliphatic rings. The molecular weight excluding hydrogens is 98.1 g/mol. The Labute approximate surface area is 40.3 Å². The summed E-state index contributed by atoms with van der Waals surface area (Å²) >= 11 is 1.22. The maximum Gasteiger partial charge on any atom is 0.279 e. The molecule has 1 heterocycles. The van der Waals surface area contributed by atoms with E-state index in [-0.39, 0.29) is 5.24 Å². The van der Waals surface area contributed by atoms with Gasteiger partial charge in [0, 0.05) is 12.3 Å². The Morgan fingerprint density at radius 1 is 2.00 bits per heavy atom. The fourth-order valence-corrected chi connectivity index (χ4v) is 0.769. The lowest BCUT2D eigenvalue weighted by Gasteiger charge is -1.78. The molecule has 0 aromatic rings. The molecule has 2 nitrogen and oxygen atoms in total. The highest BCUT2D eigenvalue weighted by Gasteiger charge is 2.06. The van der Waals surface area contributed by atoms with Gasteiger partial charge >= 0.3 is 0 Å². The minimum Gasteiger partial charge on any atom is -0.346 e. The van der Waals surface area contributed by atoms with Crippen molar-refractivity contribution >= 4 is 17.0 Å². The molecule has 1 fully saturated rings. The quantitative estimate of drug-likeness (QED) is 0.485. The second kappa shape index (κ2) is 1.51. The van der Waals surface area contributed by atoms with Crippen LogP contribution in [-0.2, 0) is 0 Å². The van der Waals surface area contributed by atoms with Crippen LogP contribution in [0.1, 0.15) is 0 Å². The zero-order valence-corrected chi connectivity index (χ0v) is 3.92. The smallest absolute Gasteiger partial charge is 0.279 e. The summed E-state index contributed by atoms with van der Waals surface area (Å²) in [5.74, 6) is 1.84. The molecule has 33 valence electrons. The molecular formula is C3H4NOS. The van der Waals surface area contributed by atoms with E-state index in [1.807, 2.05) is 5.75 Å². The Hall–Kier alpha value is -0.180. The van der Waals surface area contributed by atoms with Crippen LogP contribution in [-0.4, -0.2) is 11.8 Å². The van der Waals surface area contributed by atoms with Crippen LogP contribution in [0.15, 0.2) is 0 Å². The Kier molecular flexibility index (Phi) is 1.01. The third kappa shape index (κ3) is 0.653. The molecule has 3 heteroatoms. The molecule has 6 heavy (non-hydrogen) atoms. The number of carbonyl (C=O) groups excluding carboxylic acids is 1. The molecule has 0 aromatic carbocycles. The molecule has 0 spiro atoms. The Balaban J connectivity index is 2.37. The first-order valence-electron chi connectivity index (χ1n) is 1.66. The lowest BCUT2D eigenvalue weighted by Crippen LogP contribution is -2.09. The number of hydrogen-bond acceptors (Lipinski definition) is 2. The van der Waals surface area contributed by atoms with Crippen molar-refractivity contribution in [1.82, 2.24) is 5.32 Å². The minimum absolute atomic E-state index is 0.0648. The van der Waals surface area contributed by atoms with E-state index >= 15 is 0 Å². The molecule has 1 amide bonds. The van der Waals surface area contributed by atoms with Crippen molar-refractivity contribution in [3.63, 3.8) is 0 Å². The summed E-state index contributed by atoms with van der Waals surface area (Å²) in [6.45, 7) is 0.726. The van der Waals surface area contributed by atoms with Crippen molar-refractivity contribution in [1.29, 1.82) is 0 Å². The summed E-state index contributed by atoms with van der Waals surface area (Å²) in [4.78, 5) is 10.1. The van der Waals surface area contributed by atoms with E-state index in [1.54, 1.807) is 0 Å². The second-order valence-corrected chi connectivity index (χ2v) is 1.89. The Morgan fingerprint density at radius 2 is 2.83 bits per heavy atom. The summed E-state index contributed by atoms with van der Waals surface area (Å²) in [7, 11) is 0. The molecule has 1 radical (unpaired) electrons. The zero-order valence-electron chi connectivity index (χ0n) is 3.10. The highest BCUT2D eigenvalue weighted by molar-refractivity contribution is 8.15. The lowest BCUT2D eigenvalue weighted by atomic mass is 10.8. The van der Waals surface area contributed by atoms with Gasteiger partial charge in [-0.2, -0.15) is 0 Å². The number of carbonyl (C=O) groups is 1. The summed E-state index contributed by atoms with van der Waals surface area (Å²) in [5.41, 5.74) is 0. The first-order chi connectivity index (χ1) is 2.89. The van der Waals surface area contributed by atoms with Crippen LogP contribution in [0.2, 0.25) is 0 Å². The monoisotopic (exact) mass is 102 g/mol. The summed E-state index contributed by atoms with van der Waals surface area (Å²) < 4.78 is 0. The molecule has 0 aromatic heterocycles. The fourth-order valence-electron chi connectivity index (χ4n) is 0.284. The van der Waals surface area contributed by atoms with Gasteiger partial charge in [-0.25, -0.2) is 0 Å². The van der Waals surface area contributed by atoms with Gasteiger partial charge in [-0.05, 0) is 0 Å². The SMILES string of the molecule is O=C1NC[CH]S1. The zero-order chi connectivity index (χ0) is 4.41. The number of nitrogens with one attached hydrogen (secondary N) is 1. The van der Waals surface area contributed by atoms with Crippen molar-refractivity contribution in [2.75, 3.05) is 6.54 Å². The topological polar surface area (TPSA) is 29.1 Å². The van der Waals surface area contributed by atoms with Gasteiger partial charge in [0.1, 0.15) is 0 Å². The normalized spacial score (nSPS) is 21.0. The summed E-state index contributed by atoms with van der Waals surface area (Å²) in [5, 5.41) is 2.65. The van der Waals surface area contributed by atoms with Crippen molar-refractivity contribution in [3.05, 3.63) is 5.75 Å². The number of amides is 1. The number of thioether (sulfide) groups is 1. The molecule has 0 aliphatic carbocycles. The maximum absolute atomic E-state index is 10.1. The van der Waals surface area contributed by atoms with E-state index in [4.69, 9.17) is 0 Å². The van der Waals surface area contributed by atoms with Gasteiger partial charge in [0.2, 0.25) is 0 Å². The first-order valence-corrected chi connectivity index (χ1v) is 2.54. The van der Waals surface area contributed by atoms with Crippen LogP contribution < -0.4 is 5.32 Å². The molecule has 0 saturated carbocycles. The van der Waals surface area contributed by atoms with Crippen LogP contribution in [0.5, 0.6) is 0 Å². The third-order valence-electron chi connectivity index (χ3n) is 0.520. The third-order valence-corrected chi connectivity index (χ3v) is 1.21.